The Bertz CT molecular complexity index is 841. The maximum absolute atomic E-state index is 12.7. The molecule has 0 fully saturated rings. The van der Waals surface area contributed by atoms with Crippen LogP contribution in [-0.4, -0.2) is 32.5 Å². The molecule has 0 saturated carbocycles. The molecule has 3 aromatic rings. The first kappa shape index (κ1) is 16.6. The zero-order chi connectivity index (χ0) is 17.1. The highest BCUT2D eigenvalue weighted by atomic mass is 32.2. The normalized spacial score (nSPS) is 12.3. The van der Waals surface area contributed by atoms with Crippen LogP contribution >= 0.6 is 11.8 Å². The molecular weight excluding hydrogens is 318 g/mol. The first-order valence-corrected chi connectivity index (χ1v) is 8.82. The van der Waals surface area contributed by atoms with Gasteiger partial charge in [-0.2, -0.15) is 0 Å². The molecule has 4 nitrogen and oxygen atoms in total. The predicted molar refractivity (Wildman–Crippen MR) is 98.2 cm³/mol. The van der Waals surface area contributed by atoms with Crippen molar-refractivity contribution in [3.8, 4) is 0 Å². The van der Waals surface area contributed by atoms with E-state index in [4.69, 9.17) is 0 Å². The Hall–Kier alpha value is -2.27. The number of hydrogen-bond acceptors (Lipinski definition) is 3. The molecule has 3 rings (SSSR count). The number of aryl methyl sites for hydroxylation is 1. The number of hydrogen-bond donors (Lipinski definition) is 0. The first-order chi connectivity index (χ1) is 11.5. The minimum Gasteiger partial charge on any atom is -0.339 e. The summed E-state index contributed by atoms with van der Waals surface area (Å²) in [5.41, 5.74) is 3.13. The summed E-state index contributed by atoms with van der Waals surface area (Å²) in [5, 5.41) is -0.128. The maximum Gasteiger partial charge on any atom is 0.235 e. The van der Waals surface area contributed by atoms with Gasteiger partial charge >= 0.3 is 0 Å². The van der Waals surface area contributed by atoms with Crippen LogP contribution in [0.4, 0.5) is 0 Å². The molecule has 0 aliphatic carbocycles. The fourth-order valence-corrected chi connectivity index (χ4v) is 3.59. The fraction of sp³-hybridized carbons (Fsp3) is 0.263. The Morgan fingerprint density at radius 2 is 2.00 bits per heavy atom. The SMILES string of the molecule is Cc1ccc(SC(C)C(=O)N(C)Cc2cnc3ccccn23)cc1. The van der Waals surface area contributed by atoms with Gasteiger partial charge in [0.1, 0.15) is 5.65 Å². The Kier molecular flexibility index (Phi) is 4.90. The summed E-state index contributed by atoms with van der Waals surface area (Å²) in [6.45, 7) is 4.56. The van der Waals surface area contributed by atoms with Crippen molar-refractivity contribution in [3.05, 3.63) is 66.1 Å². The van der Waals surface area contributed by atoms with Crippen molar-refractivity contribution in [2.45, 2.75) is 30.5 Å². The maximum atomic E-state index is 12.7. The van der Waals surface area contributed by atoms with E-state index in [2.05, 4.69) is 36.2 Å². The van der Waals surface area contributed by atoms with Gasteiger partial charge in [0.15, 0.2) is 0 Å². The summed E-state index contributed by atoms with van der Waals surface area (Å²) in [6, 6.07) is 14.2. The number of nitrogens with zero attached hydrogens (tertiary/aromatic N) is 3. The van der Waals surface area contributed by atoms with Gasteiger partial charge in [-0.25, -0.2) is 4.98 Å². The van der Waals surface area contributed by atoms with Gasteiger partial charge in [-0.3, -0.25) is 4.79 Å². The predicted octanol–water partition coefficient (Wildman–Crippen LogP) is 3.78. The third kappa shape index (κ3) is 3.62. The molecule has 1 atom stereocenters. The van der Waals surface area contributed by atoms with E-state index >= 15 is 0 Å². The summed E-state index contributed by atoms with van der Waals surface area (Å²) in [6.07, 6.45) is 3.80. The van der Waals surface area contributed by atoms with Crippen LogP contribution in [0, 0.1) is 6.92 Å². The number of aromatic nitrogens is 2. The number of fused-ring (bicyclic) bond motifs is 1. The number of carbonyl (C=O) groups is 1. The van der Waals surface area contributed by atoms with E-state index in [1.165, 1.54) is 5.56 Å². The lowest BCUT2D eigenvalue weighted by molar-refractivity contribution is -0.129. The second-order valence-corrected chi connectivity index (χ2v) is 7.36. The van der Waals surface area contributed by atoms with E-state index in [0.29, 0.717) is 6.54 Å². The molecule has 1 aromatic carbocycles. The number of benzene rings is 1. The van der Waals surface area contributed by atoms with Crippen LogP contribution in [-0.2, 0) is 11.3 Å². The van der Waals surface area contributed by atoms with Crippen LogP contribution in [0.2, 0.25) is 0 Å². The van der Waals surface area contributed by atoms with Gasteiger partial charge < -0.3 is 9.30 Å². The smallest absolute Gasteiger partial charge is 0.235 e. The Balaban J connectivity index is 1.66. The highest BCUT2D eigenvalue weighted by molar-refractivity contribution is 8.00. The third-order valence-electron chi connectivity index (χ3n) is 3.95. The molecule has 0 spiro atoms. The molecule has 2 heterocycles. The molecule has 0 N–H and O–H groups in total. The summed E-state index contributed by atoms with van der Waals surface area (Å²) in [7, 11) is 1.84. The van der Waals surface area contributed by atoms with E-state index in [-0.39, 0.29) is 11.2 Å². The van der Waals surface area contributed by atoms with Crippen LogP contribution in [0.3, 0.4) is 0 Å². The van der Waals surface area contributed by atoms with E-state index in [1.807, 2.05) is 49.0 Å². The highest BCUT2D eigenvalue weighted by Gasteiger charge is 2.19. The summed E-state index contributed by atoms with van der Waals surface area (Å²) in [5.74, 6) is 0.117. The molecule has 24 heavy (non-hydrogen) atoms. The van der Waals surface area contributed by atoms with Gasteiger partial charge in [0.05, 0.1) is 23.7 Å². The summed E-state index contributed by atoms with van der Waals surface area (Å²) >= 11 is 1.59. The lowest BCUT2D eigenvalue weighted by Gasteiger charge is -2.21. The number of rotatable bonds is 5. The Morgan fingerprint density at radius 1 is 1.25 bits per heavy atom. The van der Waals surface area contributed by atoms with Crippen molar-refractivity contribution < 1.29 is 4.79 Å². The molecular formula is C19H21N3OS. The van der Waals surface area contributed by atoms with Crippen molar-refractivity contribution >= 4 is 23.3 Å². The first-order valence-electron chi connectivity index (χ1n) is 7.94. The monoisotopic (exact) mass is 339 g/mol. The zero-order valence-electron chi connectivity index (χ0n) is 14.1. The topological polar surface area (TPSA) is 37.6 Å². The molecule has 2 aromatic heterocycles. The lowest BCUT2D eigenvalue weighted by Crippen LogP contribution is -2.33. The molecule has 0 radical (unpaired) electrons. The average Bonchev–Trinajstić information content (AvgIpc) is 2.99. The second-order valence-electron chi connectivity index (χ2n) is 5.95. The minimum absolute atomic E-state index is 0.117. The van der Waals surface area contributed by atoms with Crippen molar-refractivity contribution in [2.24, 2.45) is 0 Å². The number of imidazole rings is 1. The van der Waals surface area contributed by atoms with Gasteiger partial charge in [0.25, 0.3) is 0 Å². The molecule has 0 bridgehead atoms. The molecule has 0 aliphatic rings. The van der Waals surface area contributed by atoms with Crippen molar-refractivity contribution in [3.63, 3.8) is 0 Å². The van der Waals surface area contributed by atoms with E-state index in [1.54, 1.807) is 16.7 Å². The zero-order valence-corrected chi connectivity index (χ0v) is 15.0. The van der Waals surface area contributed by atoms with E-state index < -0.39 is 0 Å². The van der Waals surface area contributed by atoms with Crippen LogP contribution < -0.4 is 0 Å². The van der Waals surface area contributed by atoms with E-state index in [9.17, 15) is 4.79 Å². The molecule has 124 valence electrons. The van der Waals surface area contributed by atoms with Crippen LogP contribution in [0.15, 0.2) is 59.8 Å². The quantitative estimate of drug-likeness (QED) is 0.664. The fourth-order valence-electron chi connectivity index (χ4n) is 2.60. The highest BCUT2D eigenvalue weighted by Crippen LogP contribution is 2.25. The Labute approximate surface area is 146 Å². The van der Waals surface area contributed by atoms with Gasteiger partial charge in [0, 0.05) is 18.1 Å². The number of thioether (sulfide) groups is 1. The molecule has 0 aliphatic heterocycles. The number of pyridine rings is 1. The van der Waals surface area contributed by atoms with Crippen molar-refractivity contribution in [1.29, 1.82) is 0 Å². The molecule has 5 heteroatoms. The number of amides is 1. The number of carbonyl (C=O) groups excluding carboxylic acids is 1. The molecule has 0 saturated heterocycles. The molecule has 1 amide bonds. The largest absolute Gasteiger partial charge is 0.339 e. The standard InChI is InChI=1S/C19H21N3OS/c1-14-7-9-17(10-8-14)24-15(2)19(23)21(3)13-16-12-20-18-6-4-5-11-22(16)18/h4-12,15H,13H2,1-3H3. The summed E-state index contributed by atoms with van der Waals surface area (Å²) < 4.78 is 2.02. The summed E-state index contributed by atoms with van der Waals surface area (Å²) in [4.78, 5) is 19.9. The molecule has 1 unspecified atom stereocenters. The van der Waals surface area contributed by atoms with Gasteiger partial charge in [0.2, 0.25) is 5.91 Å². The van der Waals surface area contributed by atoms with Crippen molar-refractivity contribution in [2.75, 3.05) is 7.05 Å². The Morgan fingerprint density at radius 3 is 2.75 bits per heavy atom. The third-order valence-corrected chi connectivity index (χ3v) is 5.05. The van der Waals surface area contributed by atoms with Gasteiger partial charge in [-0.1, -0.05) is 23.8 Å². The van der Waals surface area contributed by atoms with Gasteiger partial charge in [-0.05, 0) is 38.1 Å². The average molecular weight is 339 g/mol. The second kappa shape index (κ2) is 7.09. The van der Waals surface area contributed by atoms with Crippen LogP contribution in [0.1, 0.15) is 18.2 Å². The van der Waals surface area contributed by atoms with Crippen LogP contribution in [0.5, 0.6) is 0 Å². The van der Waals surface area contributed by atoms with Gasteiger partial charge in [-0.15, -0.1) is 11.8 Å². The lowest BCUT2D eigenvalue weighted by atomic mass is 10.2. The van der Waals surface area contributed by atoms with Crippen LogP contribution in [0.25, 0.3) is 5.65 Å². The van der Waals surface area contributed by atoms with Crippen molar-refractivity contribution in [1.82, 2.24) is 14.3 Å². The minimum atomic E-state index is -0.128. The van der Waals surface area contributed by atoms with E-state index in [0.717, 1.165) is 16.2 Å².